The Labute approximate surface area is 201 Å². The van der Waals surface area contributed by atoms with E-state index in [-0.39, 0.29) is 0 Å². The number of pyridine rings is 1. The molecule has 0 unspecified atom stereocenters. The van der Waals surface area contributed by atoms with E-state index in [1.165, 1.54) is 39.0 Å². The van der Waals surface area contributed by atoms with Crippen molar-refractivity contribution in [2.75, 3.05) is 13.1 Å². The first kappa shape index (κ1) is 21.2. The minimum atomic E-state index is 0.339. The van der Waals surface area contributed by atoms with Crippen LogP contribution in [0.1, 0.15) is 53.3 Å². The number of aromatic nitrogens is 2. The maximum absolute atomic E-state index is 10.2. The number of allylic oxidation sites excluding steroid dienone is 1. The SMILES string of the molecule is Cc1ccccc1C1=C(c2ccn3cc(CN4CC(C)C4)nc3c2)c2ccc(O)cc2CCC1. The van der Waals surface area contributed by atoms with E-state index >= 15 is 0 Å². The number of phenols is 1. The molecule has 2 aromatic carbocycles. The Kier molecular flexibility index (Phi) is 5.26. The van der Waals surface area contributed by atoms with Crippen molar-refractivity contribution in [3.05, 3.63) is 101 Å². The fraction of sp³-hybridized carbons (Fsp3) is 0.300. The lowest BCUT2D eigenvalue weighted by atomic mass is 9.87. The van der Waals surface area contributed by atoms with Crippen molar-refractivity contribution in [1.82, 2.24) is 14.3 Å². The van der Waals surface area contributed by atoms with E-state index in [1.807, 2.05) is 12.1 Å². The second kappa shape index (κ2) is 8.44. The van der Waals surface area contributed by atoms with Crippen molar-refractivity contribution < 1.29 is 5.11 Å². The lowest BCUT2D eigenvalue weighted by Gasteiger charge is -2.36. The summed E-state index contributed by atoms with van der Waals surface area (Å²) >= 11 is 0. The molecule has 0 amide bonds. The predicted molar refractivity (Wildman–Crippen MR) is 138 cm³/mol. The molecule has 1 saturated heterocycles. The number of phenolic OH excluding ortho intramolecular Hbond substituents is 1. The molecule has 0 radical (unpaired) electrons. The highest BCUT2D eigenvalue weighted by Gasteiger charge is 2.24. The zero-order valence-electron chi connectivity index (χ0n) is 20.0. The number of aromatic hydroxyl groups is 1. The highest BCUT2D eigenvalue weighted by Crippen LogP contribution is 2.41. The first-order valence-corrected chi connectivity index (χ1v) is 12.4. The molecule has 4 aromatic rings. The minimum Gasteiger partial charge on any atom is -0.508 e. The second-order valence-electron chi connectivity index (χ2n) is 10.1. The average molecular weight is 450 g/mol. The van der Waals surface area contributed by atoms with Crippen LogP contribution in [0.2, 0.25) is 0 Å². The van der Waals surface area contributed by atoms with Crippen LogP contribution >= 0.6 is 0 Å². The molecule has 1 aliphatic heterocycles. The number of nitrogens with zero attached hydrogens (tertiary/aromatic N) is 3. The molecule has 6 rings (SSSR count). The number of imidazole rings is 1. The minimum absolute atomic E-state index is 0.339. The lowest BCUT2D eigenvalue weighted by Crippen LogP contribution is -2.44. The standard InChI is InChI=1S/C30H31N3O/c1-20-16-32(17-20)18-24-19-33-13-12-23(15-29(33)31-24)30-27-11-10-25(34)14-22(27)7-5-9-28(30)26-8-4-3-6-21(26)2/h3-4,6,8,10-15,19-20,34H,5,7,9,16-18H2,1-2H3. The highest BCUT2D eigenvalue weighted by atomic mass is 16.3. The Morgan fingerprint density at radius 2 is 1.85 bits per heavy atom. The summed E-state index contributed by atoms with van der Waals surface area (Å²) in [5.74, 6) is 1.14. The molecular formula is C30H31N3O. The van der Waals surface area contributed by atoms with Crippen molar-refractivity contribution in [1.29, 1.82) is 0 Å². The molecule has 0 saturated carbocycles. The Balaban J connectivity index is 1.50. The molecule has 4 heteroatoms. The van der Waals surface area contributed by atoms with Gasteiger partial charge in [-0.2, -0.15) is 0 Å². The van der Waals surface area contributed by atoms with Gasteiger partial charge in [0.25, 0.3) is 0 Å². The van der Waals surface area contributed by atoms with Crippen LogP contribution in [0, 0.1) is 12.8 Å². The van der Waals surface area contributed by atoms with Crippen LogP contribution in [0.4, 0.5) is 0 Å². The third kappa shape index (κ3) is 3.82. The predicted octanol–water partition coefficient (Wildman–Crippen LogP) is 6.10. The molecule has 1 N–H and O–H groups in total. The van der Waals surface area contributed by atoms with Crippen LogP contribution in [0.5, 0.6) is 5.75 Å². The summed E-state index contributed by atoms with van der Waals surface area (Å²) < 4.78 is 2.14. The van der Waals surface area contributed by atoms with Gasteiger partial charge in [0, 0.05) is 32.0 Å². The van der Waals surface area contributed by atoms with Crippen LogP contribution in [-0.4, -0.2) is 32.5 Å². The molecule has 0 atom stereocenters. The zero-order valence-corrected chi connectivity index (χ0v) is 20.0. The number of likely N-dealkylation sites (tertiary alicyclic amines) is 1. The fourth-order valence-corrected chi connectivity index (χ4v) is 5.74. The van der Waals surface area contributed by atoms with Gasteiger partial charge in [0.2, 0.25) is 0 Å². The van der Waals surface area contributed by atoms with Gasteiger partial charge in [-0.3, -0.25) is 4.90 Å². The molecule has 0 spiro atoms. The van der Waals surface area contributed by atoms with Crippen LogP contribution in [0.3, 0.4) is 0 Å². The molecule has 1 fully saturated rings. The summed E-state index contributed by atoms with van der Waals surface area (Å²) in [6, 6.07) is 19.0. The summed E-state index contributed by atoms with van der Waals surface area (Å²) in [6.07, 6.45) is 7.35. The van der Waals surface area contributed by atoms with Crippen LogP contribution in [0.25, 0.3) is 16.8 Å². The van der Waals surface area contributed by atoms with Crippen LogP contribution in [0.15, 0.2) is 67.0 Å². The monoisotopic (exact) mass is 449 g/mol. The first-order valence-electron chi connectivity index (χ1n) is 12.4. The molecule has 2 aliphatic rings. The van der Waals surface area contributed by atoms with Gasteiger partial charge in [-0.1, -0.05) is 37.3 Å². The molecule has 0 bridgehead atoms. The van der Waals surface area contributed by atoms with Crippen molar-refractivity contribution in [2.45, 2.75) is 39.7 Å². The molecule has 4 nitrogen and oxygen atoms in total. The van der Waals surface area contributed by atoms with Gasteiger partial charge in [0.15, 0.2) is 0 Å². The Morgan fingerprint density at radius 1 is 1.00 bits per heavy atom. The topological polar surface area (TPSA) is 40.8 Å². The number of hydrogen-bond donors (Lipinski definition) is 1. The fourth-order valence-electron chi connectivity index (χ4n) is 5.74. The Bertz CT molecular complexity index is 1410. The van der Waals surface area contributed by atoms with Crippen molar-refractivity contribution >= 4 is 16.8 Å². The first-order chi connectivity index (χ1) is 16.5. The van der Waals surface area contributed by atoms with Gasteiger partial charge >= 0.3 is 0 Å². The van der Waals surface area contributed by atoms with Crippen molar-refractivity contribution in [3.8, 4) is 5.75 Å². The van der Waals surface area contributed by atoms with Crippen LogP contribution < -0.4 is 0 Å². The van der Waals surface area contributed by atoms with Crippen molar-refractivity contribution in [3.63, 3.8) is 0 Å². The number of fused-ring (bicyclic) bond motifs is 2. The Hall–Kier alpha value is -3.37. The molecule has 3 heterocycles. The number of rotatable bonds is 4. The summed E-state index contributed by atoms with van der Waals surface area (Å²) in [4.78, 5) is 7.44. The van der Waals surface area contributed by atoms with E-state index in [1.54, 1.807) is 0 Å². The smallest absolute Gasteiger partial charge is 0.137 e. The summed E-state index contributed by atoms with van der Waals surface area (Å²) in [6.45, 7) is 7.74. The van der Waals surface area contributed by atoms with E-state index in [0.29, 0.717) is 5.75 Å². The molecule has 2 aromatic heterocycles. The van der Waals surface area contributed by atoms with Gasteiger partial charge in [-0.15, -0.1) is 0 Å². The second-order valence-corrected chi connectivity index (χ2v) is 10.1. The number of hydrogen-bond acceptors (Lipinski definition) is 3. The largest absolute Gasteiger partial charge is 0.508 e. The zero-order chi connectivity index (χ0) is 23.2. The normalized spacial score (nSPS) is 17.0. The summed E-state index contributed by atoms with van der Waals surface area (Å²) in [5.41, 5.74) is 11.0. The van der Waals surface area contributed by atoms with Crippen molar-refractivity contribution in [2.24, 2.45) is 5.92 Å². The summed E-state index contributed by atoms with van der Waals surface area (Å²) in [5, 5.41) is 10.2. The van der Waals surface area contributed by atoms with Gasteiger partial charge < -0.3 is 9.51 Å². The van der Waals surface area contributed by atoms with Crippen LogP contribution in [-0.2, 0) is 13.0 Å². The maximum atomic E-state index is 10.2. The number of aryl methyl sites for hydroxylation is 2. The Morgan fingerprint density at radius 3 is 2.68 bits per heavy atom. The third-order valence-corrected chi connectivity index (χ3v) is 7.33. The molecule has 1 aliphatic carbocycles. The van der Waals surface area contributed by atoms with E-state index in [9.17, 15) is 5.11 Å². The molecule has 34 heavy (non-hydrogen) atoms. The van der Waals surface area contributed by atoms with Gasteiger partial charge in [-0.05, 0) is 95.3 Å². The van der Waals surface area contributed by atoms with E-state index in [4.69, 9.17) is 4.98 Å². The molecular weight excluding hydrogens is 418 g/mol. The average Bonchev–Trinajstić information content (AvgIpc) is 3.11. The molecule has 172 valence electrons. The maximum Gasteiger partial charge on any atom is 0.137 e. The quantitative estimate of drug-likeness (QED) is 0.410. The van der Waals surface area contributed by atoms with E-state index in [2.05, 4.69) is 78.0 Å². The van der Waals surface area contributed by atoms with Gasteiger partial charge in [0.1, 0.15) is 11.4 Å². The third-order valence-electron chi connectivity index (χ3n) is 7.33. The van der Waals surface area contributed by atoms with Gasteiger partial charge in [-0.25, -0.2) is 4.98 Å². The summed E-state index contributed by atoms with van der Waals surface area (Å²) in [7, 11) is 0. The highest BCUT2D eigenvalue weighted by molar-refractivity contribution is 6.00. The number of benzene rings is 2. The lowest BCUT2D eigenvalue weighted by molar-refractivity contribution is 0.103. The van der Waals surface area contributed by atoms with Gasteiger partial charge in [0.05, 0.1) is 5.69 Å². The van der Waals surface area contributed by atoms with E-state index in [0.717, 1.165) is 56.2 Å². The van der Waals surface area contributed by atoms with E-state index < -0.39 is 0 Å².